The molecule has 0 unspecified atom stereocenters. The molecule has 0 fully saturated rings. The van der Waals surface area contributed by atoms with Gasteiger partial charge in [-0.2, -0.15) is 5.10 Å². The zero-order valence-corrected chi connectivity index (χ0v) is 10.9. The van der Waals surface area contributed by atoms with Crippen LogP contribution in [-0.2, 0) is 6.54 Å². The number of rotatable bonds is 5. The SMILES string of the molecule is Cc1cnn(CCCOc2cccc(N)c2)c(=O)c1. The van der Waals surface area contributed by atoms with Gasteiger partial charge in [0.2, 0.25) is 0 Å². The van der Waals surface area contributed by atoms with Crippen molar-refractivity contribution in [2.24, 2.45) is 0 Å². The Kier molecular flexibility index (Phi) is 4.18. The minimum absolute atomic E-state index is 0.0797. The first-order valence-electron chi connectivity index (χ1n) is 6.17. The van der Waals surface area contributed by atoms with E-state index < -0.39 is 0 Å². The molecule has 2 rings (SSSR count). The van der Waals surface area contributed by atoms with Crippen molar-refractivity contribution in [2.75, 3.05) is 12.3 Å². The normalized spacial score (nSPS) is 10.4. The van der Waals surface area contributed by atoms with Crippen LogP contribution in [-0.4, -0.2) is 16.4 Å². The number of nitrogens with zero attached hydrogens (tertiary/aromatic N) is 2. The van der Waals surface area contributed by atoms with Crippen LogP contribution in [0.5, 0.6) is 5.75 Å². The standard InChI is InChI=1S/C14H17N3O2/c1-11-8-14(18)17(16-10-11)6-3-7-19-13-5-2-4-12(15)9-13/h2,4-5,8-10H,3,6-7,15H2,1H3. The third-order valence-electron chi connectivity index (χ3n) is 2.65. The number of hydrogen-bond donors (Lipinski definition) is 1. The molecule has 0 spiro atoms. The molecule has 0 atom stereocenters. The van der Waals surface area contributed by atoms with E-state index in [-0.39, 0.29) is 5.56 Å². The van der Waals surface area contributed by atoms with E-state index >= 15 is 0 Å². The van der Waals surface area contributed by atoms with Crippen LogP contribution in [0.2, 0.25) is 0 Å². The Morgan fingerprint density at radius 1 is 1.37 bits per heavy atom. The summed E-state index contributed by atoms with van der Waals surface area (Å²) < 4.78 is 6.99. The smallest absolute Gasteiger partial charge is 0.266 e. The first-order valence-corrected chi connectivity index (χ1v) is 6.17. The van der Waals surface area contributed by atoms with Crippen LogP contribution in [0.4, 0.5) is 5.69 Å². The highest BCUT2D eigenvalue weighted by Gasteiger charge is 1.99. The summed E-state index contributed by atoms with van der Waals surface area (Å²) >= 11 is 0. The number of aromatic nitrogens is 2. The molecule has 100 valence electrons. The van der Waals surface area contributed by atoms with E-state index in [4.69, 9.17) is 10.5 Å². The summed E-state index contributed by atoms with van der Waals surface area (Å²) in [6, 6.07) is 8.86. The molecule has 0 aliphatic rings. The summed E-state index contributed by atoms with van der Waals surface area (Å²) in [7, 11) is 0. The summed E-state index contributed by atoms with van der Waals surface area (Å²) in [5, 5.41) is 4.07. The molecule has 0 radical (unpaired) electrons. The summed E-state index contributed by atoms with van der Waals surface area (Å²) in [6.07, 6.45) is 2.39. The minimum Gasteiger partial charge on any atom is -0.493 e. The summed E-state index contributed by atoms with van der Waals surface area (Å²) in [4.78, 5) is 11.6. The monoisotopic (exact) mass is 259 g/mol. The van der Waals surface area contributed by atoms with Gasteiger partial charge in [-0.15, -0.1) is 0 Å². The van der Waals surface area contributed by atoms with Gasteiger partial charge in [0, 0.05) is 30.8 Å². The molecule has 0 saturated carbocycles. The maximum absolute atomic E-state index is 11.6. The molecule has 5 nitrogen and oxygen atoms in total. The molecule has 0 aliphatic carbocycles. The quantitative estimate of drug-likeness (QED) is 0.654. The molecular formula is C14H17N3O2. The molecule has 2 N–H and O–H groups in total. The topological polar surface area (TPSA) is 70.1 Å². The molecule has 1 aromatic carbocycles. The molecule has 0 amide bonds. The Labute approximate surface area is 111 Å². The van der Waals surface area contributed by atoms with Crippen molar-refractivity contribution < 1.29 is 4.74 Å². The Bertz CT molecular complexity index is 608. The second-order valence-corrected chi connectivity index (χ2v) is 4.37. The van der Waals surface area contributed by atoms with Crippen molar-refractivity contribution in [1.29, 1.82) is 0 Å². The van der Waals surface area contributed by atoms with Gasteiger partial charge in [0.25, 0.3) is 5.56 Å². The van der Waals surface area contributed by atoms with Gasteiger partial charge in [-0.05, 0) is 24.6 Å². The molecule has 1 aromatic heterocycles. The van der Waals surface area contributed by atoms with Crippen LogP contribution >= 0.6 is 0 Å². The van der Waals surface area contributed by atoms with E-state index in [9.17, 15) is 4.79 Å². The lowest BCUT2D eigenvalue weighted by Gasteiger charge is -2.07. The highest BCUT2D eigenvalue weighted by Crippen LogP contribution is 2.14. The third-order valence-corrected chi connectivity index (χ3v) is 2.65. The van der Waals surface area contributed by atoms with Crippen molar-refractivity contribution in [1.82, 2.24) is 9.78 Å². The van der Waals surface area contributed by atoms with Crippen molar-refractivity contribution >= 4 is 5.69 Å². The van der Waals surface area contributed by atoms with Crippen LogP contribution in [0.3, 0.4) is 0 Å². The van der Waals surface area contributed by atoms with Crippen LogP contribution in [0, 0.1) is 6.92 Å². The lowest BCUT2D eigenvalue weighted by atomic mass is 10.3. The Morgan fingerprint density at radius 3 is 2.95 bits per heavy atom. The van der Waals surface area contributed by atoms with E-state index in [0.29, 0.717) is 25.3 Å². The molecular weight excluding hydrogens is 242 g/mol. The molecule has 1 heterocycles. The van der Waals surface area contributed by atoms with Crippen LogP contribution in [0.15, 0.2) is 41.3 Å². The highest BCUT2D eigenvalue weighted by molar-refractivity contribution is 5.43. The molecule has 2 aromatic rings. The van der Waals surface area contributed by atoms with Crippen LogP contribution in [0.25, 0.3) is 0 Å². The van der Waals surface area contributed by atoms with Crippen molar-refractivity contribution in [3.63, 3.8) is 0 Å². The number of aryl methyl sites for hydroxylation is 2. The first-order chi connectivity index (χ1) is 9.15. The largest absolute Gasteiger partial charge is 0.493 e. The fourth-order valence-electron chi connectivity index (χ4n) is 1.70. The lowest BCUT2D eigenvalue weighted by Crippen LogP contribution is -2.23. The number of ether oxygens (including phenoxy) is 1. The molecule has 0 bridgehead atoms. The number of nitrogen functional groups attached to an aromatic ring is 1. The van der Waals surface area contributed by atoms with Gasteiger partial charge in [-0.25, -0.2) is 4.68 Å². The van der Waals surface area contributed by atoms with Crippen LogP contribution < -0.4 is 16.0 Å². The zero-order valence-electron chi connectivity index (χ0n) is 10.9. The van der Waals surface area contributed by atoms with Gasteiger partial charge in [0.15, 0.2) is 0 Å². The number of nitrogens with two attached hydrogens (primary N) is 1. The van der Waals surface area contributed by atoms with Gasteiger partial charge < -0.3 is 10.5 Å². The molecule has 0 saturated heterocycles. The van der Waals surface area contributed by atoms with Gasteiger partial charge in [-0.1, -0.05) is 6.07 Å². The maximum atomic E-state index is 11.6. The summed E-state index contributed by atoms with van der Waals surface area (Å²) in [6.45, 7) is 2.91. The molecule has 0 aliphatic heterocycles. The van der Waals surface area contributed by atoms with Crippen molar-refractivity contribution in [3.05, 3.63) is 52.4 Å². The predicted octanol–water partition coefficient (Wildman–Crippen LogP) is 1.60. The number of anilines is 1. The second-order valence-electron chi connectivity index (χ2n) is 4.37. The Morgan fingerprint density at radius 2 is 2.21 bits per heavy atom. The third kappa shape index (κ3) is 3.84. The zero-order chi connectivity index (χ0) is 13.7. The fraction of sp³-hybridized carbons (Fsp3) is 0.286. The highest BCUT2D eigenvalue weighted by atomic mass is 16.5. The molecule has 19 heavy (non-hydrogen) atoms. The van der Waals surface area contributed by atoms with Gasteiger partial charge >= 0.3 is 0 Å². The maximum Gasteiger partial charge on any atom is 0.266 e. The summed E-state index contributed by atoms with van der Waals surface area (Å²) in [5.41, 5.74) is 7.12. The summed E-state index contributed by atoms with van der Waals surface area (Å²) in [5.74, 6) is 0.740. The van der Waals surface area contributed by atoms with E-state index in [2.05, 4.69) is 5.10 Å². The first kappa shape index (κ1) is 13.1. The fourth-order valence-corrected chi connectivity index (χ4v) is 1.70. The Balaban J connectivity index is 1.82. The van der Waals surface area contributed by atoms with Crippen molar-refractivity contribution in [3.8, 4) is 5.75 Å². The van der Waals surface area contributed by atoms with Crippen LogP contribution in [0.1, 0.15) is 12.0 Å². The second kappa shape index (κ2) is 6.04. The molecule has 5 heteroatoms. The number of benzene rings is 1. The van der Waals surface area contributed by atoms with E-state index in [0.717, 1.165) is 11.3 Å². The van der Waals surface area contributed by atoms with Gasteiger partial charge in [0.1, 0.15) is 5.75 Å². The average molecular weight is 259 g/mol. The van der Waals surface area contributed by atoms with Crippen molar-refractivity contribution in [2.45, 2.75) is 19.9 Å². The number of hydrogen-bond acceptors (Lipinski definition) is 4. The van der Waals surface area contributed by atoms with Gasteiger partial charge in [-0.3, -0.25) is 4.79 Å². The predicted molar refractivity (Wildman–Crippen MR) is 74.2 cm³/mol. The minimum atomic E-state index is -0.0797. The van der Waals surface area contributed by atoms with E-state index in [1.807, 2.05) is 25.1 Å². The van der Waals surface area contributed by atoms with E-state index in [1.165, 1.54) is 4.68 Å². The van der Waals surface area contributed by atoms with E-state index in [1.54, 1.807) is 18.3 Å². The lowest BCUT2D eigenvalue weighted by molar-refractivity contribution is 0.297. The average Bonchev–Trinajstić information content (AvgIpc) is 2.37. The Hall–Kier alpha value is -2.30. The van der Waals surface area contributed by atoms with Gasteiger partial charge in [0.05, 0.1) is 12.8 Å².